The summed E-state index contributed by atoms with van der Waals surface area (Å²) in [6, 6.07) is 3.46. The Bertz CT molecular complexity index is 764. The quantitative estimate of drug-likeness (QED) is 0.471. The van der Waals surface area contributed by atoms with Gasteiger partial charge in [0.2, 0.25) is 0 Å². The number of methoxy groups -OCH3 is 1. The highest BCUT2D eigenvalue weighted by atomic mass is 79.9. The van der Waals surface area contributed by atoms with Crippen molar-refractivity contribution in [3.8, 4) is 11.5 Å². The van der Waals surface area contributed by atoms with Crippen LogP contribution < -0.4 is 9.47 Å². The summed E-state index contributed by atoms with van der Waals surface area (Å²) in [4.78, 5) is 37.1. The van der Waals surface area contributed by atoms with E-state index in [0.717, 1.165) is 16.7 Å². The molecular weight excluding hydrogens is 426 g/mol. The molecule has 1 saturated heterocycles. The SMILES string of the molecule is CCOC(=O)CN1C(=O)S/C(=C/c2cc(Br)c(OCC)c(OC)c2)C1=O. The summed E-state index contributed by atoms with van der Waals surface area (Å²) in [6.45, 7) is 3.78. The Morgan fingerprint density at radius 3 is 2.62 bits per heavy atom. The molecule has 1 fully saturated rings. The van der Waals surface area contributed by atoms with E-state index in [4.69, 9.17) is 14.2 Å². The number of thioether (sulfide) groups is 1. The van der Waals surface area contributed by atoms with E-state index >= 15 is 0 Å². The zero-order valence-electron chi connectivity index (χ0n) is 14.5. The minimum atomic E-state index is -0.624. The minimum absolute atomic E-state index is 0.185. The van der Waals surface area contributed by atoms with Gasteiger partial charge >= 0.3 is 5.97 Å². The van der Waals surface area contributed by atoms with Gasteiger partial charge in [-0.15, -0.1) is 0 Å². The number of hydrogen-bond acceptors (Lipinski definition) is 7. The van der Waals surface area contributed by atoms with Gasteiger partial charge in [0.15, 0.2) is 11.5 Å². The molecule has 1 aliphatic heterocycles. The predicted molar refractivity (Wildman–Crippen MR) is 101 cm³/mol. The Labute approximate surface area is 163 Å². The normalized spacial score (nSPS) is 15.5. The van der Waals surface area contributed by atoms with E-state index < -0.39 is 23.7 Å². The zero-order chi connectivity index (χ0) is 19.3. The Kier molecular flexibility index (Phi) is 7.10. The summed E-state index contributed by atoms with van der Waals surface area (Å²) in [5.74, 6) is -0.0978. The van der Waals surface area contributed by atoms with Gasteiger partial charge in [-0.1, -0.05) is 0 Å². The van der Waals surface area contributed by atoms with Crippen LogP contribution in [0.25, 0.3) is 6.08 Å². The number of carbonyl (C=O) groups is 3. The molecule has 0 aromatic heterocycles. The van der Waals surface area contributed by atoms with Gasteiger partial charge in [-0.05, 0) is 65.3 Å². The Morgan fingerprint density at radius 1 is 1.27 bits per heavy atom. The van der Waals surface area contributed by atoms with Gasteiger partial charge in [0, 0.05) is 0 Å². The van der Waals surface area contributed by atoms with Crippen LogP contribution >= 0.6 is 27.7 Å². The van der Waals surface area contributed by atoms with Gasteiger partial charge in [-0.3, -0.25) is 19.3 Å². The van der Waals surface area contributed by atoms with Crippen molar-refractivity contribution < 1.29 is 28.6 Å². The van der Waals surface area contributed by atoms with Crippen LogP contribution in [-0.4, -0.2) is 48.9 Å². The van der Waals surface area contributed by atoms with E-state index in [0.29, 0.717) is 28.1 Å². The first-order valence-corrected chi connectivity index (χ1v) is 9.43. The lowest BCUT2D eigenvalue weighted by Crippen LogP contribution is -2.34. The number of halogens is 1. The van der Waals surface area contributed by atoms with Crippen molar-refractivity contribution in [2.45, 2.75) is 13.8 Å². The van der Waals surface area contributed by atoms with E-state index in [-0.39, 0.29) is 11.5 Å². The lowest BCUT2D eigenvalue weighted by molar-refractivity contribution is -0.145. The summed E-state index contributed by atoms with van der Waals surface area (Å²) in [7, 11) is 1.52. The molecule has 0 saturated carbocycles. The molecule has 0 atom stereocenters. The second-order valence-corrected chi connectivity index (χ2v) is 6.89. The van der Waals surface area contributed by atoms with Crippen LogP contribution in [0.15, 0.2) is 21.5 Å². The molecule has 0 N–H and O–H groups in total. The van der Waals surface area contributed by atoms with Crippen molar-refractivity contribution in [1.82, 2.24) is 4.90 Å². The van der Waals surface area contributed by atoms with E-state index in [1.54, 1.807) is 25.1 Å². The van der Waals surface area contributed by atoms with Crippen LogP contribution in [0.1, 0.15) is 19.4 Å². The van der Waals surface area contributed by atoms with Crippen LogP contribution in [0.3, 0.4) is 0 Å². The molecule has 0 radical (unpaired) electrons. The van der Waals surface area contributed by atoms with Crippen LogP contribution in [-0.2, 0) is 14.3 Å². The third kappa shape index (κ3) is 4.59. The van der Waals surface area contributed by atoms with Gasteiger partial charge in [-0.2, -0.15) is 0 Å². The van der Waals surface area contributed by atoms with Crippen molar-refractivity contribution in [1.29, 1.82) is 0 Å². The average molecular weight is 444 g/mol. The highest BCUT2D eigenvalue weighted by Gasteiger charge is 2.36. The van der Waals surface area contributed by atoms with Crippen LogP contribution in [0.2, 0.25) is 0 Å². The standard InChI is InChI=1S/C17H18BrNO6S/c1-4-24-14(20)9-19-16(21)13(26-17(19)22)8-10-6-11(18)15(25-5-2)12(7-10)23-3/h6-8H,4-5,9H2,1-3H3/b13-8+. The second kappa shape index (κ2) is 9.09. The van der Waals surface area contributed by atoms with Gasteiger partial charge in [0.1, 0.15) is 6.54 Å². The number of esters is 1. The molecule has 1 aliphatic rings. The fraction of sp³-hybridized carbons (Fsp3) is 0.353. The van der Waals surface area contributed by atoms with Crippen molar-refractivity contribution >= 4 is 50.9 Å². The third-order valence-electron chi connectivity index (χ3n) is 3.30. The van der Waals surface area contributed by atoms with E-state index in [9.17, 15) is 14.4 Å². The molecule has 2 amide bonds. The maximum atomic E-state index is 12.4. The summed E-state index contributed by atoms with van der Waals surface area (Å²) in [6.07, 6.45) is 1.57. The first-order valence-electron chi connectivity index (χ1n) is 7.82. The molecule has 0 unspecified atom stereocenters. The van der Waals surface area contributed by atoms with Crippen LogP contribution in [0, 0.1) is 0 Å². The average Bonchev–Trinajstić information content (AvgIpc) is 2.84. The van der Waals surface area contributed by atoms with Gasteiger partial charge < -0.3 is 14.2 Å². The third-order valence-corrected chi connectivity index (χ3v) is 4.80. The van der Waals surface area contributed by atoms with Gasteiger partial charge in [-0.25, -0.2) is 0 Å². The molecule has 2 rings (SSSR count). The topological polar surface area (TPSA) is 82.1 Å². The molecule has 0 spiro atoms. The number of nitrogens with zero attached hydrogens (tertiary/aromatic N) is 1. The summed E-state index contributed by atoms with van der Waals surface area (Å²) in [5.41, 5.74) is 0.652. The van der Waals surface area contributed by atoms with Crippen molar-refractivity contribution in [3.63, 3.8) is 0 Å². The zero-order valence-corrected chi connectivity index (χ0v) is 16.9. The molecule has 7 nitrogen and oxygen atoms in total. The Balaban J connectivity index is 2.27. The fourth-order valence-electron chi connectivity index (χ4n) is 2.23. The number of benzene rings is 1. The molecular formula is C17H18BrNO6S. The summed E-state index contributed by atoms with van der Waals surface area (Å²) in [5, 5.41) is -0.508. The lowest BCUT2D eigenvalue weighted by atomic mass is 10.2. The van der Waals surface area contributed by atoms with Crippen LogP contribution in [0.4, 0.5) is 4.79 Å². The van der Waals surface area contributed by atoms with Gasteiger partial charge in [0.25, 0.3) is 11.1 Å². The molecule has 26 heavy (non-hydrogen) atoms. The molecule has 1 aromatic rings. The monoisotopic (exact) mass is 443 g/mol. The minimum Gasteiger partial charge on any atom is -0.493 e. The van der Waals surface area contributed by atoms with Crippen molar-refractivity contribution in [3.05, 3.63) is 27.1 Å². The largest absolute Gasteiger partial charge is 0.493 e. The number of hydrogen-bond donors (Lipinski definition) is 0. The lowest BCUT2D eigenvalue weighted by Gasteiger charge is -2.12. The summed E-state index contributed by atoms with van der Waals surface area (Å²) >= 11 is 4.19. The Hall–Kier alpha value is -2.00. The highest BCUT2D eigenvalue weighted by Crippen LogP contribution is 2.39. The Morgan fingerprint density at radius 2 is 2.00 bits per heavy atom. The van der Waals surface area contributed by atoms with E-state index in [2.05, 4.69) is 15.9 Å². The van der Waals surface area contributed by atoms with Gasteiger partial charge in [0.05, 0.1) is 29.7 Å². The molecule has 0 aliphatic carbocycles. The molecule has 1 aromatic carbocycles. The first-order chi connectivity index (χ1) is 12.4. The number of ether oxygens (including phenoxy) is 3. The number of rotatable bonds is 7. The first kappa shape index (κ1) is 20.3. The second-order valence-electron chi connectivity index (χ2n) is 5.04. The predicted octanol–water partition coefficient (Wildman–Crippen LogP) is 3.46. The maximum Gasteiger partial charge on any atom is 0.326 e. The summed E-state index contributed by atoms with van der Waals surface area (Å²) < 4.78 is 16.3. The number of carbonyl (C=O) groups excluding carboxylic acids is 3. The van der Waals surface area contributed by atoms with Crippen molar-refractivity contribution in [2.75, 3.05) is 26.9 Å². The van der Waals surface area contributed by atoms with Crippen LogP contribution in [0.5, 0.6) is 11.5 Å². The maximum absolute atomic E-state index is 12.4. The number of imide groups is 1. The number of amides is 2. The molecule has 0 bridgehead atoms. The van der Waals surface area contributed by atoms with E-state index in [1.165, 1.54) is 7.11 Å². The molecule has 1 heterocycles. The molecule has 140 valence electrons. The van der Waals surface area contributed by atoms with Crippen molar-refractivity contribution in [2.24, 2.45) is 0 Å². The fourth-order valence-corrected chi connectivity index (χ4v) is 3.64. The van der Waals surface area contributed by atoms with E-state index in [1.807, 2.05) is 6.92 Å². The highest BCUT2D eigenvalue weighted by molar-refractivity contribution is 9.10. The smallest absolute Gasteiger partial charge is 0.326 e. The molecule has 9 heteroatoms.